The van der Waals surface area contributed by atoms with Crippen LogP contribution in [0.4, 0.5) is 0 Å². The number of carbonyl (C=O) groups is 1. The van der Waals surface area contributed by atoms with Crippen LogP contribution in [0.15, 0.2) is 48.8 Å². The molecule has 1 heterocycles. The first-order valence-corrected chi connectivity index (χ1v) is 6.43. The van der Waals surface area contributed by atoms with E-state index in [0.29, 0.717) is 10.8 Å². The number of hydrogen-bond donors (Lipinski definition) is 1. The van der Waals surface area contributed by atoms with Crippen LogP contribution in [0.25, 0.3) is 10.8 Å². The first kappa shape index (κ1) is 13.3. The third kappa shape index (κ3) is 2.64. The minimum absolute atomic E-state index is 0.113. The monoisotopic (exact) mass is 300 g/mol. The van der Waals surface area contributed by atoms with Crippen molar-refractivity contribution in [3.8, 4) is 11.6 Å². The molecule has 0 aliphatic carbocycles. The lowest BCUT2D eigenvalue weighted by Gasteiger charge is -2.09. The molecule has 0 radical (unpaired) electrons. The van der Waals surface area contributed by atoms with Crippen LogP contribution in [0, 0.1) is 0 Å². The molecule has 0 saturated carbocycles. The van der Waals surface area contributed by atoms with Crippen molar-refractivity contribution in [2.45, 2.75) is 0 Å². The van der Waals surface area contributed by atoms with Gasteiger partial charge in [-0.15, -0.1) is 0 Å². The van der Waals surface area contributed by atoms with Crippen molar-refractivity contribution in [1.29, 1.82) is 0 Å². The summed E-state index contributed by atoms with van der Waals surface area (Å²) in [6.07, 6.45) is 2.52. The average Bonchev–Trinajstić information content (AvgIpc) is 2.51. The predicted octanol–water partition coefficient (Wildman–Crippen LogP) is 3.77. The van der Waals surface area contributed by atoms with Gasteiger partial charge >= 0.3 is 5.97 Å². The highest BCUT2D eigenvalue weighted by Gasteiger charge is 2.10. The fourth-order valence-electron chi connectivity index (χ4n) is 1.94. The van der Waals surface area contributed by atoms with E-state index in [9.17, 15) is 4.79 Å². The van der Waals surface area contributed by atoms with Crippen molar-refractivity contribution in [2.24, 2.45) is 0 Å². The Morgan fingerprint density at radius 3 is 2.62 bits per heavy atom. The summed E-state index contributed by atoms with van der Waals surface area (Å²) in [5.41, 5.74) is -0.175. The van der Waals surface area contributed by atoms with Crippen molar-refractivity contribution < 1.29 is 14.6 Å². The zero-order valence-corrected chi connectivity index (χ0v) is 11.4. The zero-order valence-electron chi connectivity index (χ0n) is 10.7. The topological polar surface area (TPSA) is 72.3 Å². The van der Waals surface area contributed by atoms with Gasteiger partial charge in [-0.3, -0.25) is 4.98 Å². The lowest BCUT2D eigenvalue weighted by Crippen LogP contribution is -2.02. The summed E-state index contributed by atoms with van der Waals surface area (Å²) < 4.78 is 5.64. The van der Waals surface area contributed by atoms with Crippen LogP contribution in [-0.2, 0) is 0 Å². The highest BCUT2D eigenvalue weighted by atomic mass is 35.5. The molecule has 1 N–H and O–H groups in total. The maximum atomic E-state index is 10.9. The molecule has 2 aromatic carbocycles. The summed E-state index contributed by atoms with van der Waals surface area (Å²) >= 11 is 6.14. The zero-order chi connectivity index (χ0) is 14.8. The van der Waals surface area contributed by atoms with Gasteiger partial charge in [0.1, 0.15) is 5.75 Å². The number of nitrogens with zero attached hydrogens (tertiary/aromatic N) is 2. The summed E-state index contributed by atoms with van der Waals surface area (Å²) in [4.78, 5) is 18.6. The van der Waals surface area contributed by atoms with Crippen molar-refractivity contribution in [2.75, 3.05) is 0 Å². The van der Waals surface area contributed by atoms with Gasteiger partial charge < -0.3 is 9.84 Å². The van der Waals surface area contributed by atoms with Gasteiger partial charge in [-0.25, -0.2) is 9.78 Å². The Morgan fingerprint density at radius 1 is 1.10 bits per heavy atom. The Labute approximate surface area is 124 Å². The first-order chi connectivity index (χ1) is 10.1. The van der Waals surface area contributed by atoms with E-state index < -0.39 is 5.97 Å². The number of halogens is 1. The summed E-state index contributed by atoms with van der Waals surface area (Å²) in [6, 6.07) is 10.9. The summed E-state index contributed by atoms with van der Waals surface area (Å²) in [5.74, 6) is -0.511. The first-order valence-electron chi connectivity index (χ1n) is 6.05. The molecule has 0 spiro atoms. The van der Waals surface area contributed by atoms with Gasteiger partial charge in [-0.05, 0) is 12.1 Å². The molecule has 0 fully saturated rings. The summed E-state index contributed by atoms with van der Waals surface area (Å²) in [7, 11) is 0. The smallest absolute Gasteiger partial charge is 0.356 e. The second kappa shape index (κ2) is 5.38. The number of rotatable bonds is 3. The van der Waals surface area contributed by atoms with Crippen LogP contribution in [-0.4, -0.2) is 21.0 Å². The SMILES string of the molecule is O=C(O)c1cncc(Oc2ccc(Cl)c3ccccc23)n1. The van der Waals surface area contributed by atoms with Gasteiger partial charge in [0, 0.05) is 15.8 Å². The summed E-state index contributed by atoms with van der Waals surface area (Å²) in [6.45, 7) is 0. The van der Waals surface area contributed by atoms with Crippen LogP contribution in [0.1, 0.15) is 10.5 Å². The van der Waals surface area contributed by atoms with E-state index in [1.54, 1.807) is 12.1 Å². The quantitative estimate of drug-likeness (QED) is 0.797. The number of aromatic nitrogens is 2. The Kier molecular flexibility index (Phi) is 3.41. The van der Waals surface area contributed by atoms with Crippen LogP contribution in [0.5, 0.6) is 11.6 Å². The number of fused-ring (bicyclic) bond motifs is 1. The molecular formula is C15H9ClN2O3. The Hall–Kier alpha value is -2.66. The van der Waals surface area contributed by atoms with Crippen LogP contribution < -0.4 is 4.74 Å². The fourth-order valence-corrected chi connectivity index (χ4v) is 2.16. The number of carboxylic acid groups (broad SMARTS) is 1. The molecule has 3 aromatic rings. The van der Waals surface area contributed by atoms with Gasteiger partial charge in [0.25, 0.3) is 0 Å². The highest BCUT2D eigenvalue weighted by Crippen LogP contribution is 2.33. The van der Waals surface area contributed by atoms with Crippen LogP contribution >= 0.6 is 11.6 Å². The molecule has 1 aromatic heterocycles. The van der Waals surface area contributed by atoms with E-state index >= 15 is 0 Å². The van der Waals surface area contributed by atoms with E-state index in [0.717, 1.165) is 17.0 Å². The molecule has 0 aliphatic rings. The van der Waals surface area contributed by atoms with Gasteiger partial charge in [0.05, 0.1) is 12.4 Å². The Balaban J connectivity index is 2.04. The molecule has 5 nitrogen and oxygen atoms in total. The van der Waals surface area contributed by atoms with Crippen molar-refractivity contribution in [1.82, 2.24) is 9.97 Å². The molecule has 0 aliphatic heterocycles. The van der Waals surface area contributed by atoms with Crippen molar-refractivity contribution in [3.05, 3.63) is 59.5 Å². The molecular weight excluding hydrogens is 292 g/mol. The van der Waals surface area contributed by atoms with E-state index in [4.69, 9.17) is 21.4 Å². The van der Waals surface area contributed by atoms with Crippen LogP contribution in [0.3, 0.4) is 0 Å². The van der Waals surface area contributed by atoms with Crippen LogP contribution in [0.2, 0.25) is 5.02 Å². The molecule has 0 saturated heterocycles. The molecule has 0 bridgehead atoms. The maximum Gasteiger partial charge on any atom is 0.356 e. The number of aromatic carboxylic acids is 1. The predicted molar refractivity (Wildman–Crippen MR) is 78.0 cm³/mol. The van der Waals surface area contributed by atoms with Gasteiger partial charge in [0.15, 0.2) is 5.69 Å². The van der Waals surface area contributed by atoms with Crippen molar-refractivity contribution >= 4 is 28.3 Å². The van der Waals surface area contributed by atoms with Crippen molar-refractivity contribution in [3.63, 3.8) is 0 Å². The molecule has 0 amide bonds. The molecule has 0 unspecified atom stereocenters. The maximum absolute atomic E-state index is 10.9. The van der Waals surface area contributed by atoms with Gasteiger partial charge in [0.2, 0.25) is 5.88 Å². The van der Waals surface area contributed by atoms with E-state index in [1.807, 2.05) is 24.3 Å². The molecule has 3 rings (SSSR count). The number of carboxylic acids is 1. The normalized spacial score (nSPS) is 10.5. The summed E-state index contributed by atoms with van der Waals surface area (Å²) in [5, 5.41) is 11.2. The largest absolute Gasteiger partial charge is 0.476 e. The molecule has 0 atom stereocenters. The lowest BCUT2D eigenvalue weighted by molar-refractivity contribution is 0.0689. The average molecular weight is 301 g/mol. The molecule has 104 valence electrons. The van der Waals surface area contributed by atoms with E-state index in [2.05, 4.69) is 9.97 Å². The second-order valence-electron chi connectivity index (χ2n) is 4.24. The number of ether oxygens (including phenoxy) is 1. The third-order valence-electron chi connectivity index (χ3n) is 2.88. The highest BCUT2D eigenvalue weighted by molar-refractivity contribution is 6.35. The fraction of sp³-hybridized carbons (Fsp3) is 0. The van der Waals surface area contributed by atoms with E-state index in [1.165, 1.54) is 6.20 Å². The van der Waals surface area contributed by atoms with Gasteiger partial charge in [-0.1, -0.05) is 35.9 Å². The molecule has 6 heteroatoms. The number of hydrogen-bond acceptors (Lipinski definition) is 4. The Morgan fingerprint density at radius 2 is 1.86 bits per heavy atom. The third-order valence-corrected chi connectivity index (χ3v) is 3.21. The molecule has 21 heavy (non-hydrogen) atoms. The standard InChI is InChI=1S/C15H9ClN2O3/c16-11-5-6-13(10-4-2-1-3-9(10)11)21-14-8-17-7-12(18-14)15(19)20/h1-8H,(H,19,20). The Bertz CT molecular complexity index is 836. The van der Waals surface area contributed by atoms with E-state index in [-0.39, 0.29) is 11.6 Å². The van der Waals surface area contributed by atoms with Gasteiger partial charge in [-0.2, -0.15) is 0 Å². The minimum atomic E-state index is -1.16. The lowest BCUT2D eigenvalue weighted by atomic mass is 10.1. The second-order valence-corrected chi connectivity index (χ2v) is 4.65. The minimum Gasteiger partial charge on any atom is -0.476 e. The number of benzene rings is 2.